The largest absolute Gasteiger partial charge is 0.381 e. The number of hydrogen-bond acceptors (Lipinski definition) is 3. The van der Waals surface area contributed by atoms with Crippen molar-refractivity contribution in [3.63, 3.8) is 0 Å². The number of benzene rings is 1. The average Bonchev–Trinajstić information content (AvgIpc) is 3.10. The molecule has 2 aromatic rings. The van der Waals surface area contributed by atoms with Gasteiger partial charge in [0.25, 0.3) is 5.91 Å². The molecule has 1 saturated heterocycles. The smallest absolute Gasteiger partial charge is 0.251 e. The number of aryl methyl sites for hydroxylation is 1. The summed E-state index contributed by atoms with van der Waals surface area (Å²) in [5, 5.41) is 5.11. The van der Waals surface area contributed by atoms with Gasteiger partial charge in [-0.15, -0.1) is 11.3 Å². The van der Waals surface area contributed by atoms with Crippen LogP contribution in [0, 0.1) is 18.7 Å². The van der Waals surface area contributed by atoms with E-state index in [2.05, 4.69) is 5.32 Å². The first kappa shape index (κ1) is 16.1. The molecule has 1 aromatic carbocycles. The van der Waals surface area contributed by atoms with Crippen LogP contribution in [0.5, 0.6) is 0 Å². The van der Waals surface area contributed by atoms with Gasteiger partial charge in [-0.05, 0) is 54.8 Å². The molecule has 0 radical (unpaired) electrons. The maximum absolute atomic E-state index is 13.7. The second kappa shape index (κ2) is 7.23. The second-order valence-corrected chi connectivity index (χ2v) is 6.86. The first-order valence-electron chi connectivity index (χ1n) is 7.83. The van der Waals surface area contributed by atoms with Crippen LogP contribution < -0.4 is 5.32 Å². The van der Waals surface area contributed by atoms with Gasteiger partial charge in [-0.3, -0.25) is 4.79 Å². The van der Waals surface area contributed by atoms with Gasteiger partial charge < -0.3 is 10.1 Å². The van der Waals surface area contributed by atoms with E-state index in [1.54, 1.807) is 30.4 Å². The third-order valence-corrected chi connectivity index (χ3v) is 5.26. The summed E-state index contributed by atoms with van der Waals surface area (Å²) in [7, 11) is 0. The molecule has 0 bridgehead atoms. The van der Waals surface area contributed by atoms with E-state index >= 15 is 0 Å². The number of carbonyl (C=O) groups excluding carboxylic acids is 1. The van der Waals surface area contributed by atoms with Crippen LogP contribution in [0.4, 0.5) is 4.39 Å². The lowest BCUT2D eigenvalue weighted by molar-refractivity contribution is 0.0518. The molecule has 0 aliphatic carbocycles. The third kappa shape index (κ3) is 3.79. The summed E-state index contributed by atoms with van der Waals surface area (Å²) in [5.41, 5.74) is 0.905. The lowest BCUT2D eigenvalue weighted by Gasteiger charge is -2.30. The Balaban J connectivity index is 1.80. The van der Waals surface area contributed by atoms with E-state index in [0.29, 0.717) is 17.0 Å². The van der Waals surface area contributed by atoms with Gasteiger partial charge >= 0.3 is 0 Å². The van der Waals surface area contributed by atoms with Crippen molar-refractivity contribution in [1.82, 2.24) is 5.32 Å². The minimum atomic E-state index is -0.351. The molecular formula is C18H20FNO2S. The van der Waals surface area contributed by atoms with E-state index in [1.165, 1.54) is 6.07 Å². The number of hydrogen-bond donors (Lipinski definition) is 1. The van der Waals surface area contributed by atoms with E-state index in [0.717, 1.165) is 30.9 Å². The summed E-state index contributed by atoms with van der Waals surface area (Å²) < 4.78 is 19.1. The first-order valence-corrected chi connectivity index (χ1v) is 8.71. The molecule has 122 valence electrons. The van der Waals surface area contributed by atoms with Crippen LogP contribution in [0.15, 0.2) is 35.7 Å². The Labute approximate surface area is 139 Å². The normalized spacial score (nSPS) is 17.0. The number of halogens is 1. The predicted molar refractivity (Wildman–Crippen MR) is 89.2 cm³/mol. The van der Waals surface area contributed by atoms with E-state index in [-0.39, 0.29) is 17.8 Å². The molecule has 3 nitrogen and oxygen atoms in total. The second-order valence-electron chi connectivity index (χ2n) is 5.88. The Morgan fingerprint density at radius 3 is 2.78 bits per heavy atom. The van der Waals surface area contributed by atoms with Crippen LogP contribution in [0.25, 0.3) is 0 Å². The zero-order chi connectivity index (χ0) is 16.2. The lowest BCUT2D eigenvalue weighted by atomic mass is 9.90. The van der Waals surface area contributed by atoms with Gasteiger partial charge in [-0.1, -0.05) is 12.1 Å². The van der Waals surface area contributed by atoms with Gasteiger partial charge in [0.15, 0.2) is 0 Å². The van der Waals surface area contributed by atoms with Crippen LogP contribution in [-0.2, 0) is 4.74 Å². The monoisotopic (exact) mass is 333 g/mol. The van der Waals surface area contributed by atoms with Gasteiger partial charge in [0.2, 0.25) is 0 Å². The van der Waals surface area contributed by atoms with Gasteiger partial charge in [0.05, 0.1) is 6.04 Å². The van der Waals surface area contributed by atoms with Crippen LogP contribution in [0.2, 0.25) is 0 Å². The van der Waals surface area contributed by atoms with Crippen LogP contribution >= 0.6 is 11.3 Å². The van der Waals surface area contributed by atoms with Crippen molar-refractivity contribution in [3.8, 4) is 0 Å². The number of nitrogens with one attached hydrogen (secondary N) is 1. The molecule has 0 spiro atoms. The summed E-state index contributed by atoms with van der Waals surface area (Å²) in [4.78, 5) is 13.7. The molecule has 1 N–H and O–H groups in total. The van der Waals surface area contributed by atoms with Crippen LogP contribution in [0.3, 0.4) is 0 Å². The van der Waals surface area contributed by atoms with E-state index in [1.807, 2.05) is 17.5 Å². The van der Waals surface area contributed by atoms with Gasteiger partial charge in [0.1, 0.15) is 5.82 Å². The Hall–Kier alpha value is -1.72. The van der Waals surface area contributed by atoms with Crippen molar-refractivity contribution in [2.45, 2.75) is 25.8 Å². The molecule has 1 aromatic heterocycles. The summed E-state index contributed by atoms with van der Waals surface area (Å²) in [6, 6.07) is 8.60. The van der Waals surface area contributed by atoms with Crippen molar-refractivity contribution < 1.29 is 13.9 Å². The lowest BCUT2D eigenvalue weighted by Crippen LogP contribution is -2.35. The van der Waals surface area contributed by atoms with E-state index in [4.69, 9.17) is 4.74 Å². The maximum atomic E-state index is 13.7. The van der Waals surface area contributed by atoms with Crippen molar-refractivity contribution >= 4 is 17.2 Å². The average molecular weight is 333 g/mol. The minimum absolute atomic E-state index is 0.0456. The molecule has 1 aliphatic heterocycles. The zero-order valence-corrected chi connectivity index (χ0v) is 13.9. The summed E-state index contributed by atoms with van der Waals surface area (Å²) in [5.74, 6) is -0.230. The van der Waals surface area contributed by atoms with Crippen molar-refractivity contribution in [2.24, 2.45) is 5.92 Å². The molecule has 0 saturated carbocycles. The summed E-state index contributed by atoms with van der Waals surface area (Å²) >= 11 is 1.64. The van der Waals surface area contributed by atoms with Gasteiger partial charge in [-0.2, -0.15) is 0 Å². The molecule has 3 rings (SSSR count). The topological polar surface area (TPSA) is 38.3 Å². The third-order valence-electron chi connectivity index (χ3n) is 4.31. The number of thiophene rings is 1. The predicted octanol–water partition coefficient (Wildman–Crippen LogP) is 4.09. The van der Waals surface area contributed by atoms with Crippen LogP contribution in [-0.4, -0.2) is 19.1 Å². The molecular weight excluding hydrogens is 313 g/mol. The Morgan fingerprint density at radius 2 is 2.13 bits per heavy atom. The van der Waals surface area contributed by atoms with Crippen LogP contribution in [0.1, 0.15) is 39.7 Å². The molecule has 1 fully saturated rings. The number of carbonyl (C=O) groups is 1. The number of ether oxygens (including phenoxy) is 1. The molecule has 1 amide bonds. The number of amides is 1. The molecule has 1 atom stereocenters. The summed E-state index contributed by atoms with van der Waals surface area (Å²) in [6.45, 7) is 3.14. The molecule has 5 heteroatoms. The van der Waals surface area contributed by atoms with Crippen molar-refractivity contribution in [1.29, 1.82) is 0 Å². The molecule has 1 aliphatic rings. The standard InChI is InChI=1S/C18H20FNO2S/c1-12-4-5-14(11-15(12)19)18(21)20-17(16-3-2-10-23-16)13-6-8-22-9-7-13/h2-5,10-11,13,17H,6-9H2,1H3,(H,20,21)/t17-/m0/s1. The van der Waals surface area contributed by atoms with Gasteiger partial charge in [-0.25, -0.2) is 4.39 Å². The highest BCUT2D eigenvalue weighted by Crippen LogP contribution is 2.32. The summed E-state index contributed by atoms with van der Waals surface area (Å²) in [6.07, 6.45) is 1.84. The van der Waals surface area contributed by atoms with Gasteiger partial charge in [0, 0.05) is 23.7 Å². The Kier molecular flexibility index (Phi) is 5.08. The fourth-order valence-electron chi connectivity index (χ4n) is 2.90. The quantitative estimate of drug-likeness (QED) is 0.915. The van der Waals surface area contributed by atoms with E-state index in [9.17, 15) is 9.18 Å². The Morgan fingerprint density at radius 1 is 1.35 bits per heavy atom. The molecule has 0 unspecified atom stereocenters. The van der Waals surface area contributed by atoms with Crippen molar-refractivity contribution in [2.75, 3.05) is 13.2 Å². The maximum Gasteiger partial charge on any atom is 0.251 e. The Bertz CT molecular complexity index is 666. The first-order chi connectivity index (χ1) is 11.1. The number of rotatable bonds is 4. The highest BCUT2D eigenvalue weighted by atomic mass is 32.1. The fraction of sp³-hybridized carbons (Fsp3) is 0.389. The zero-order valence-electron chi connectivity index (χ0n) is 13.0. The minimum Gasteiger partial charge on any atom is -0.381 e. The molecule has 23 heavy (non-hydrogen) atoms. The van der Waals surface area contributed by atoms with E-state index < -0.39 is 0 Å². The van der Waals surface area contributed by atoms with Crippen molar-refractivity contribution in [3.05, 3.63) is 57.5 Å². The SMILES string of the molecule is Cc1ccc(C(=O)N[C@H](c2cccs2)C2CCOCC2)cc1F. The highest BCUT2D eigenvalue weighted by Gasteiger charge is 2.28. The highest BCUT2D eigenvalue weighted by molar-refractivity contribution is 7.10. The fourth-order valence-corrected chi connectivity index (χ4v) is 3.77. The molecule has 2 heterocycles.